The van der Waals surface area contributed by atoms with Gasteiger partial charge in [-0.3, -0.25) is 9.78 Å². The third kappa shape index (κ3) is 6.11. The van der Waals surface area contributed by atoms with Crippen molar-refractivity contribution in [3.05, 3.63) is 41.2 Å². The van der Waals surface area contributed by atoms with Crippen LogP contribution < -0.4 is 10.1 Å². The number of nitrogens with zero attached hydrogens (tertiary/aromatic N) is 4. The third-order valence-electron chi connectivity index (χ3n) is 6.07. The van der Waals surface area contributed by atoms with Gasteiger partial charge in [-0.15, -0.1) is 0 Å². The van der Waals surface area contributed by atoms with Gasteiger partial charge in [0.05, 0.1) is 17.6 Å². The molecule has 2 N–H and O–H groups in total. The van der Waals surface area contributed by atoms with Crippen LogP contribution in [0.1, 0.15) is 47.4 Å². The van der Waals surface area contributed by atoms with E-state index in [-0.39, 0.29) is 23.9 Å². The number of aryl methyl sites for hydroxylation is 1. The molecule has 0 atom stereocenters. The number of carboxylic acids is 1. The first-order valence-corrected chi connectivity index (χ1v) is 11.7. The Balaban J connectivity index is 0.000000426. The highest BCUT2D eigenvalue weighted by molar-refractivity contribution is 5.95. The SMILES string of the molecule is Cc1cc2c(NC3(C)CC3)nc(C(=O)N3CCc4c(OCCF)ccnc4C3)nc2o1.O=C(O)C(F)(F)F. The highest BCUT2D eigenvalue weighted by Gasteiger charge is 2.39. The molecule has 5 rings (SSSR count). The number of aliphatic carboxylic acids is 1. The maximum absolute atomic E-state index is 13.3. The maximum Gasteiger partial charge on any atom is 0.490 e. The average molecular weight is 539 g/mol. The Morgan fingerprint density at radius 2 is 2.00 bits per heavy atom. The van der Waals surface area contributed by atoms with Crippen molar-refractivity contribution in [1.29, 1.82) is 0 Å². The third-order valence-corrected chi connectivity index (χ3v) is 6.07. The van der Waals surface area contributed by atoms with Gasteiger partial charge in [-0.2, -0.15) is 18.2 Å². The number of rotatable bonds is 6. The summed E-state index contributed by atoms with van der Waals surface area (Å²) < 4.78 is 55.4. The lowest BCUT2D eigenvalue weighted by Gasteiger charge is -2.28. The molecule has 14 heteroatoms. The molecule has 2 aliphatic rings. The fourth-order valence-electron chi connectivity index (χ4n) is 3.86. The molecule has 1 saturated carbocycles. The molecule has 38 heavy (non-hydrogen) atoms. The Kier molecular flexibility index (Phi) is 7.42. The van der Waals surface area contributed by atoms with Crippen molar-refractivity contribution in [3.63, 3.8) is 0 Å². The zero-order valence-electron chi connectivity index (χ0n) is 20.6. The van der Waals surface area contributed by atoms with Crippen molar-refractivity contribution in [1.82, 2.24) is 19.9 Å². The number of carbonyl (C=O) groups is 2. The summed E-state index contributed by atoms with van der Waals surface area (Å²) in [4.78, 5) is 37.2. The molecule has 1 aliphatic carbocycles. The van der Waals surface area contributed by atoms with Crippen LogP contribution in [0, 0.1) is 6.92 Å². The van der Waals surface area contributed by atoms with E-state index in [9.17, 15) is 22.4 Å². The van der Waals surface area contributed by atoms with Gasteiger partial charge in [-0.1, -0.05) is 0 Å². The smallest absolute Gasteiger partial charge is 0.490 e. The molecule has 4 heterocycles. The number of amides is 1. The Morgan fingerprint density at radius 3 is 2.63 bits per heavy atom. The number of aromatic nitrogens is 3. The summed E-state index contributed by atoms with van der Waals surface area (Å²) >= 11 is 0. The molecule has 0 saturated heterocycles. The summed E-state index contributed by atoms with van der Waals surface area (Å²) in [6, 6.07) is 3.62. The highest BCUT2D eigenvalue weighted by atomic mass is 19.4. The van der Waals surface area contributed by atoms with E-state index in [4.69, 9.17) is 19.1 Å². The molecule has 3 aromatic heterocycles. The summed E-state index contributed by atoms with van der Waals surface area (Å²) in [5, 5.41) is 11.4. The minimum atomic E-state index is -5.08. The summed E-state index contributed by atoms with van der Waals surface area (Å²) in [6.45, 7) is 4.23. The van der Waals surface area contributed by atoms with Crippen molar-refractivity contribution >= 4 is 28.8 Å². The fraction of sp³-hybridized carbons (Fsp3) is 0.458. The lowest BCUT2D eigenvalue weighted by molar-refractivity contribution is -0.192. The molecule has 3 aromatic rings. The summed E-state index contributed by atoms with van der Waals surface area (Å²) in [5.41, 5.74) is 2.06. The Hall–Kier alpha value is -3.97. The Bertz CT molecular complexity index is 1360. The van der Waals surface area contributed by atoms with E-state index < -0.39 is 18.8 Å². The van der Waals surface area contributed by atoms with Gasteiger partial charge in [0.15, 0.2) is 0 Å². The van der Waals surface area contributed by atoms with E-state index in [1.54, 1.807) is 17.2 Å². The number of hydrogen-bond donors (Lipinski definition) is 2. The van der Waals surface area contributed by atoms with E-state index in [1.165, 1.54) is 0 Å². The van der Waals surface area contributed by atoms with E-state index >= 15 is 0 Å². The van der Waals surface area contributed by atoms with Gasteiger partial charge in [0.2, 0.25) is 11.5 Å². The first-order chi connectivity index (χ1) is 17.9. The number of anilines is 1. The standard InChI is InChI=1S/C22H24FN5O3.C2HF3O2/c1-13-11-15-18(27-22(2)5-6-22)25-19(26-20(15)31-13)21(29)28-9-4-14-16(12-28)24-8-3-17(14)30-10-7-23;3-2(4,5)1(6)7/h3,8,11H,4-7,9-10,12H2,1-2H3,(H,25,26,27);(H,6,7). The van der Waals surface area contributed by atoms with Crippen LogP contribution in [0.15, 0.2) is 22.7 Å². The molecule has 1 aliphatic heterocycles. The van der Waals surface area contributed by atoms with Gasteiger partial charge in [-0.05, 0) is 45.2 Å². The van der Waals surface area contributed by atoms with Crippen LogP contribution >= 0.6 is 0 Å². The zero-order chi connectivity index (χ0) is 27.7. The molecule has 10 nitrogen and oxygen atoms in total. The Morgan fingerprint density at radius 1 is 1.29 bits per heavy atom. The van der Waals surface area contributed by atoms with Gasteiger partial charge in [0.25, 0.3) is 5.91 Å². The molecule has 0 bridgehead atoms. The summed E-state index contributed by atoms with van der Waals surface area (Å²) in [5.74, 6) is -0.961. The van der Waals surface area contributed by atoms with Crippen LogP contribution in [0.2, 0.25) is 0 Å². The Labute approximate surface area is 214 Å². The van der Waals surface area contributed by atoms with Crippen LogP contribution in [0.5, 0.6) is 5.75 Å². The predicted molar refractivity (Wildman–Crippen MR) is 126 cm³/mol. The molecule has 0 spiro atoms. The van der Waals surface area contributed by atoms with Crippen molar-refractivity contribution in [2.24, 2.45) is 0 Å². The number of alkyl halides is 4. The molecule has 1 amide bonds. The predicted octanol–water partition coefficient (Wildman–Crippen LogP) is 4.07. The molecular formula is C24H25F4N5O5. The molecule has 0 aromatic carbocycles. The van der Waals surface area contributed by atoms with E-state index in [1.807, 2.05) is 13.0 Å². The second-order valence-corrected chi connectivity index (χ2v) is 9.21. The van der Waals surface area contributed by atoms with Gasteiger partial charge >= 0.3 is 12.1 Å². The number of fused-ring (bicyclic) bond motifs is 2. The van der Waals surface area contributed by atoms with Gasteiger partial charge in [0, 0.05) is 23.8 Å². The van der Waals surface area contributed by atoms with Crippen LogP contribution in [-0.4, -0.2) is 68.4 Å². The molecule has 1 fully saturated rings. The quantitative estimate of drug-likeness (QED) is 0.445. The summed E-state index contributed by atoms with van der Waals surface area (Å²) in [6.07, 6.45) is -0.783. The van der Waals surface area contributed by atoms with Crippen molar-refractivity contribution in [3.8, 4) is 5.75 Å². The average Bonchev–Trinajstić information content (AvgIpc) is 3.46. The van der Waals surface area contributed by atoms with Crippen molar-refractivity contribution in [2.75, 3.05) is 25.1 Å². The number of pyridine rings is 1. The number of carboxylic acid groups (broad SMARTS) is 1. The number of ether oxygens (including phenoxy) is 1. The van der Waals surface area contributed by atoms with Gasteiger partial charge < -0.3 is 24.5 Å². The van der Waals surface area contributed by atoms with E-state index in [0.717, 1.165) is 35.2 Å². The van der Waals surface area contributed by atoms with Gasteiger partial charge in [-0.25, -0.2) is 14.2 Å². The zero-order valence-corrected chi connectivity index (χ0v) is 20.6. The summed E-state index contributed by atoms with van der Waals surface area (Å²) in [7, 11) is 0. The minimum absolute atomic E-state index is 0.00320. The number of carbonyl (C=O) groups excluding carboxylic acids is 1. The maximum atomic E-state index is 13.3. The first-order valence-electron chi connectivity index (χ1n) is 11.7. The van der Waals surface area contributed by atoms with Crippen LogP contribution in [0.3, 0.4) is 0 Å². The number of halogens is 4. The minimum Gasteiger partial charge on any atom is -0.490 e. The lowest BCUT2D eigenvalue weighted by Crippen LogP contribution is -2.37. The number of hydrogen-bond acceptors (Lipinski definition) is 8. The van der Waals surface area contributed by atoms with Crippen LogP contribution in [0.4, 0.5) is 23.4 Å². The van der Waals surface area contributed by atoms with Crippen molar-refractivity contribution < 1.29 is 41.4 Å². The second kappa shape index (κ2) is 10.4. The van der Waals surface area contributed by atoms with Crippen LogP contribution in [0.25, 0.3) is 11.1 Å². The lowest BCUT2D eigenvalue weighted by atomic mass is 10.0. The fourth-order valence-corrected chi connectivity index (χ4v) is 3.86. The number of furan rings is 1. The topological polar surface area (TPSA) is 131 Å². The molecule has 0 radical (unpaired) electrons. The normalized spacial score (nSPS) is 15.8. The molecule has 204 valence electrons. The monoisotopic (exact) mass is 539 g/mol. The first kappa shape index (κ1) is 27.1. The second-order valence-electron chi connectivity index (χ2n) is 9.21. The largest absolute Gasteiger partial charge is 0.490 e. The van der Waals surface area contributed by atoms with E-state index in [0.29, 0.717) is 36.8 Å². The molecular weight excluding hydrogens is 514 g/mol. The van der Waals surface area contributed by atoms with Crippen molar-refractivity contribution in [2.45, 2.75) is 51.4 Å². The number of nitrogens with one attached hydrogen (secondary N) is 1. The van der Waals surface area contributed by atoms with E-state index in [2.05, 4.69) is 27.2 Å². The van der Waals surface area contributed by atoms with Gasteiger partial charge in [0.1, 0.15) is 30.6 Å². The van der Waals surface area contributed by atoms with Crippen LogP contribution in [-0.2, 0) is 17.8 Å². The highest BCUT2D eigenvalue weighted by Crippen LogP contribution is 2.39. The molecule has 0 unspecified atom stereocenters.